The van der Waals surface area contributed by atoms with E-state index < -0.39 is 24.3 Å². The van der Waals surface area contributed by atoms with Gasteiger partial charge >= 0.3 is 12.6 Å². The van der Waals surface area contributed by atoms with Crippen LogP contribution in [0.3, 0.4) is 0 Å². The number of alkyl halides is 2. The molecule has 7 nitrogen and oxygen atoms in total. The maximum Gasteiger partial charge on any atom is 0.387 e. The van der Waals surface area contributed by atoms with Gasteiger partial charge in [-0.25, -0.2) is 0 Å². The number of fused-ring (bicyclic) bond motifs is 2. The van der Waals surface area contributed by atoms with E-state index in [9.17, 15) is 23.5 Å². The molecule has 0 saturated heterocycles. The summed E-state index contributed by atoms with van der Waals surface area (Å²) in [6.45, 7) is 0.396. The van der Waals surface area contributed by atoms with Gasteiger partial charge in [0.2, 0.25) is 0 Å². The van der Waals surface area contributed by atoms with Crippen molar-refractivity contribution in [3.63, 3.8) is 0 Å². The first-order valence-corrected chi connectivity index (χ1v) is 10.4. The minimum Gasteiger partial charge on any atom is -0.481 e. The van der Waals surface area contributed by atoms with Crippen LogP contribution in [0.25, 0.3) is 11.1 Å². The van der Waals surface area contributed by atoms with Crippen molar-refractivity contribution in [1.29, 1.82) is 0 Å². The number of benzene rings is 1. The van der Waals surface area contributed by atoms with Gasteiger partial charge in [-0.1, -0.05) is 0 Å². The van der Waals surface area contributed by atoms with Crippen LogP contribution in [-0.4, -0.2) is 46.7 Å². The smallest absolute Gasteiger partial charge is 0.387 e. The van der Waals surface area contributed by atoms with Crippen LogP contribution in [0.1, 0.15) is 35.8 Å². The van der Waals surface area contributed by atoms with E-state index in [1.54, 1.807) is 17.0 Å². The number of aromatic nitrogens is 1. The Kier molecular flexibility index (Phi) is 4.73. The van der Waals surface area contributed by atoms with Crippen molar-refractivity contribution < 1.29 is 28.2 Å². The van der Waals surface area contributed by atoms with Crippen molar-refractivity contribution in [3.8, 4) is 16.9 Å². The minimum atomic E-state index is -3.07. The topological polar surface area (TPSA) is 83.8 Å². The molecule has 1 aliphatic carbocycles. The first kappa shape index (κ1) is 20.0. The van der Waals surface area contributed by atoms with Gasteiger partial charge in [0.15, 0.2) is 11.5 Å². The summed E-state index contributed by atoms with van der Waals surface area (Å²) in [5.74, 6) is -3.05. The van der Waals surface area contributed by atoms with Crippen molar-refractivity contribution in [2.45, 2.75) is 51.6 Å². The Labute approximate surface area is 177 Å². The molecule has 5 rings (SSSR count). The molecule has 0 amide bonds. The molecule has 0 bridgehead atoms. The number of carboxylic acid groups (broad SMARTS) is 1. The number of hydrogen-bond acceptors (Lipinski definition) is 5. The molecular weight excluding hydrogens is 408 g/mol. The number of aliphatic carboxylic acids is 1. The third-order valence-corrected chi connectivity index (χ3v) is 6.27. The van der Waals surface area contributed by atoms with Crippen molar-refractivity contribution >= 4 is 17.4 Å². The summed E-state index contributed by atoms with van der Waals surface area (Å²) < 4.78 is 34.0. The lowest BCUT2D eigenvalue weighted by atomic mass is 9.88. The summed E-state index contributed by atoms with van der Waals surface area (Å²) in [6.07, 6.45) is 3.56. The van der Waals surface area contributed by atoms with Crippen LogP contribution in [0.15, 0.2) is 24.4 Å². The van der Waals surface area contributed by atoms with Gasteiger partial charge < -0.3 is 24.6 Å². The predicted molar refractivity (Wildman–Crippen MR) is 109 cm³/mol. The van der Waals surface area contributed by atoms with Crippen molar-refractivity contribution in [1.82, 2.24) is 9.88 Å². The third kappa shape index (κ3) is 3.46. The number of Topliss-reactive ketones (excluding diaryl/α,β-unsaturated/α-hetero) is 1. The highest BCUT2D eigenvalue weighted by Crippen LogP contribution is 2.48. The monoisotopic (exact) mass is 431 g/mol. The molecule has 2 atom stereocenters. The molecule has 2 aliphatic heterocycles. The Hall–Kier alpha value is -2.94. The van der Waals surface area contributed by atoms with Crippen LogP contribution in [0.2, 0.25) is 0 Å². The predicted octanol–water partition coefficient (Wildman–Crippen LogP) is 3.11. The number of hydrogen-bond donors (Lipinski definition) is 2. The van der Waals surface area contributed by atoms with Crippen molar-refractivity contribution in [2.24, 2.45) is 5.92 Å². The maximum absolute atomic E-state index is 13.5. The summed E-state index contributed by atoms with van der Waals surface area (Å²) in [6, 6.07) is 5.39. The molecule has 1 saturated carbocycles. The second-order valence-corrected chi connectivity index (χ2v) is 8.51. The molecule has 3 heterocycles. The number of ether oxygens (including phenoxy) is 1. The fourth-order valence-electron chi connectivity index (χ4n) is 4.62. The van der Waals surface area contributed by atoms with Gasteiger partial charge in [-0.2, -0.15) is 8.78 Å². The molecule has 2 aromatic rings. The van der Waals surface area contributed by atoms with Crippen LogP contribution in [-0.2, 0) is 17.9 Å². The van der Waals surface area contributed by atoms with E-state index in [2.05, 4.69) is 16.8 Å². The van der Waals surface area contributed by atoms with Gasteiger partial charge in [-0.3, -0.25) is 9.59 Å². The highest BCUT2D eigenvalue weighted by Gasteiger charge is 2.44. The quantitative estimate of drug-likeness (QED) is 0.708. The summed E-state index contributed by atoms with van der Waals surface area (Å²) in [4.78, 5) is 26.3. The summed E-state index contributed by atoms with van der Waals surface area (Å²) in [5.41, 5.74) is 2.66. The Morgan fingerprint density at radius 2 is 2.00 bits per heavy atom. The average molecular weight is 431 g/mol. The summed E-state index contributed by atoms with van der Waals surface area (Å²) >= 11 is 0. The fourth-order valence-corrected chi connectivity index (χ4v) is 4.62. The van der Waals surface area contributed by atoms with Crippen LogP contribution in [0, 0.1) is 5.92 Å². The SMILES string of the molecule is C[C@H]1Cn2cc(-c3ccc4c(c3OC(F)F)N(C3CC3)CC(C(=O)O)C4=O)cc2CN1. The number of nitrogens with one attached hydrogen (secondary N) is 1. The molecule has 1 fully saturated rings. The van der Waals surface area contributed by atoms with E-state index in [0.717, 1.165) is 30.6 Å². The highest BCUT2D eigenvalue weighted by atomic mass is 19.3. The van der Waals surface area contributed by atoms with Gasteiger partial charge in [0.25, 0.3) is 0 Å². The molecule has 2 N–H and O–H groups in total. The number of anilines is 1. The average Bonchev–Trinajstić information content (AvgIpc) is 3.47. The van der Waals surface area contributed by atoms with E-state index in [-0.39, 0.29) is 23.9 Å². The van der Waals surface area contributed by atoms with Gasteiger partial charge in [-0.05, 0) is 38.0 Å². The first-order chi connectivity index (χ1) is 14.8. The molecule has 1 unspecified atom stereocenters. The molecule has 3 aliphatic rings. The Morgan fingerprint density at radius 3 is 2.68 bits per heavy atom. The first-order valence-electron chi connectivity index (χ1n) is 10.4. The van der Waals surface area contributed by atoms with Crippen LogP contribution < -0.4 is 15.0 Å². The van der Waals surface area contributed by atoms with E-state index in [4.69, 9.17) is 4.74 Å². The Balaban J connectivity index is 1.67. The zero-order valence-electron chi connectivity index (χ0n) is 17.0. The summed E-state index contributed by atoms with van der Waals surface area (Å²) in [7, 11) is 0. The second kappa shape index (κ2) is 7.33. The maximum atomic E-state index is 13.5. The highest BCUT2D eigenvalue weighted by molar-refractivity contribution is 6.14. The molecule has 164 valence electrons. The van der Waals surface area contributed by atoms with Gasteiger partial charge in [-0.15, -0.1) is 0 Å². The molecule has 31 heavy (non-hydrogen) atoms. The Bertz CT molecular complexity index is 1060. The lowest BCUT2D eigenvalue weighted by Crippen LogP contribution is -2.44. The van der Waals surface area contributed by atoms with E-state index in [0.29, 0.717) is 23.8 Å². The van der Waals surface area contributed by atoms with E-state index in [1.165, 1.54) is 0 Å². The second-order valence-electron chi connectivity index (χ2n) is 8.51. The number of halogens is 2. The van der Waals surface area contributed by atoms with Gasteiger partial charge in [0.05, 0.1) is 5.69 Å². The van der Waals surface area contributed by atoms with Crippen LogP contribution >= 0.6 is 0 Å². The molecular formula is C22H23F2N3O4. The number of nitrogens with zero attached hydrogens (tertiary/aromatic N) is 2. The number of rotatable bonds is 5. The largest absolute Gasteiger partial charge is 0.481 e. The van der Waals surface area contributed by atoms with Gasteiger partial charge in [0.1, 0.15) is 5.92 Å². The lowest BCUT2D eigenvalue weighted by Gasteiger charge is -2.35. The van der Waals surface area contributed by atoms with Crippen molar-refractivity contribution in [2.75, 3.05) is 11.4 Å². The lowest BCUT2D eigenvalue weighted by molar-refractivity contribution is -0.139. The Morgan fingerprint density at radius 1 is 1.26 bits per heavy atom. The number of carbonyl (C=O) groups is 2. The normalized spacial score (nSPS) is 23.0. The van der Waals surface area contributed by atoms with Gasteiger partial charge in [0, 0.05) is 60.3 Å². The van der Waals surface area contributed by atoms with Crippen LogP contribution in [0.4, 0.5) is 14.5 Å². The third-order valence-electron chi connectivity index (χ3n) is 6.27. The molecule has 1 aromatic heterocycles. The number of carboxylic acids is 1. The molecule has 0 spiro atoms. The van der Waals surface area contributed by atoms with Crippen molar-refractivity contribution in [3.05, 3.63) is 35.7 Å². The molecule has 1 aromatic carbocycles. The number of carbonyl (C=O) groups excluding carboxylic acids is 1. The summed E-state index contributed by atoms with van der Waals surface area (Å²) in [5, 5.41) is 12.9. The zero-order chi connectivity index (χ0) is 21.9. The minimum absolute atomic E-state index is 0.0243. The zero-order valence-corrected chi connectivity index (χ0v) is 17.0. The standard InChI is InChI=1S/C22H23F2N3O4/c1-11-8-26-9-12(6-14(26)7-25-11)15-4-5-16-18(20(15)31-22(23)24)27(13-2-3-13)10-17(19(16)28)21(29)30/h4-6,9,11,13,17,22,25H,2-3,7-8,10H2,1H3,(H,29,30)/t11-,17?/m0/s1. The fraction of sp³-hybridized carbons (Fsp3) is 0.455. The van der Waals surface area contributed by atoms with E-state index in [1.807, 2.05) is 12.3 Å². The number of ketones is 1. The van der Waals surface area contributed by atoms with Crippen LogP contribution in [0.5, 0.6) is 5.75 Å². The molecule has 9 heteroatoms. The molecule has 0 radical (unpaired) electrons. The van der Waals surface area contributed by atoms with E-state index >= 15 is 0 Å².